The van der Waals surface area contributed by atoms with Gasteiger partial charge in [-0.05, 0) is 62.4 Å². The summed E-state index contributed by atoms with van der Waals surface area (Å²) in [6, 6.07) is 14.5. The molecular formula is C24H26FN5OS2. The van der Waals surface area contributed by atoms with Crippen LogP contribution in [0.2, 0.25) is 0 Å². The molecule has 0 spiro atoms. The number of aromatic nitrogens is 4. The van der Waals surface area contributed by atoms with E-state index in [0.717, 1.165) is 40.3 Å². The van der Waals surface area contributed by atoms with Crippen LogP contribution in [0.4, 0.5) is 10.1 Å². The van der Waals surface area contributed by atoms with Crippen molar-refractivity contribution in [2.45, 2.75) is 31.4 Å². The van der Waals surface area contributed by atoms with Gasteiger partial charge in [-0.1, -0.05) is 11.8 Å². The van der Waals surface area contributed by atoms with E-state index >= 15 is 0 Å². The second-order valence-corrected chi connectivity index (χ2v) is 9.23. The summed E-state index contributed by atoms with van der Waals surface area (Å²) in [7, 11) is 1.99. The lowest BCUT2D eigenvalue weighted by Gasteiger charge is -2.21. The van der Waals surface area contributed by atoms with Crippen LogP contribution in [0.1, 0.15) is 24.5 Å². The van der Waals surface area contributed by atoms with Crippen molar-refractivity contribution < 1.29 is 9.13 Å². The number of hydrogen-bond donors (Lipinski definition) is 0. The maximum atomic E-state index is 13.0. The van der Waals surface area contributed by atoms with E-state index in [-0.39, 0.29) is 5.82 Å². The molecule has 2 aromatic carbocycles. The number of anilines is 1. The zero-order chi connectivity index (χ0) is 23.2. The minimum atomic E-state index is -0.278. The van der Waals surface area contributed by atoms with Gasteiger partial charge in [-0.2, -0.15) is 0 Å². The zero-order valence-electron chi connectivity index (χ0n) is 18.9. The number of thioether (sulfide) groups is 1. The normalized spacial score (nSPS) is 11.0. The number of benzene rings is 2. The Morgan fingerprint density at radius 3 is 2.45 bits per heavy atom. The predicted molar refractivity (Wildman–Crippen MR) is 132 cm³/mol. The molecule has 0 aliphatic carbocycles. The van der Waals surface area contributed by atoms with Gasteiger partial charge >= 0.3 is 0 Å². The standard InChI is InChI=1S/C24H26FN5OS2/c1-4-30(5-2)20-10-6-17(7-11-20)23-27-28-24(29(23)3)33-16-19-15-32-22(26-19)14-31-21-12-8-18(25)9-13-21/h6-13,15H,4-5,14,16H2,1-3H3. The highest BCUT2D eigenvalue weighted by Gasteiger charge is 2.13. The van der Waals surface area contributed by atoms with Gasteiger partial charge in [0.15, 0.2) is 11.0 Å². The van der Waals surface area contributed by atoms with Crippen LogP contribution < -0.4 is 9.64 Å². The number of rotatable bonds is 10. The average Bonchev–Trinajstić information content (AvgIpc) is 3.45. The van der Waals surface area contributed by atoms with Crippen molar-refractivity contribution in [3.63, 3.8) is 0 Å². The van der Waals surface area contributed by atoms with E-state index in [2.05, 4.69) is 58.2 Å². The van der Waals surface area contributed by atoms with Crippen LogP contribution in [0.25, 0.3) is 11.4 Å². The van der Waals surface area contributed by atoms with E-state index in [4.69, 9.17) is 4.74 Å². The van der Waals surface area contributed by atoms with E-state index in [0.29, 0.717) is 18.1 Å². The Bertz CT molecular complexity index is 1170. The van der Waals surface area contributed by atoms with Crippen molar-refractivity contribution in [2.24, 2.45) is 7.05 Å². The van der Waals surface area contributed by atoms with Crippen molar-refractivity contribution in [2.75, 3.05) is 18.0 Å². The molecule has 9 heteroatoms. The summed E-state index contributed by atoms with van der Waals surface area (Å²) < 4.78 is 20.7. The summed E-state index contributed by atoms with van der Waals surface area (Å²) in [6.07, 6.45) is 0. The number of nitrogens with zero attached hydrogens (tertiary/aromatic N) is 5. The van der Waals surface area contributed by atoms with Gasteiger partial charge in [-0.15, -0.1) is 21.5 Å². The van der Waals surface area contributed by atoms with Gasteiger partial charge in [0.05, 0.1) is 5.69 Å². The van der Waals surface area contributed by atoms with Gasteiger partial charge < -0.3 is 14.2 Å². The lowest BCUT2D eigenvalue weighted by Crippen LogP contribution is -2.21. The third-order valence-electron chi connectivity index (χ3n) is 5.21. The maximum Gasteiger partial charge on any atom is 0.191 e. The molecule has 172 valence electrons. The summed E-state index contributed by atoms with van der Waals surface area (Å²) in [5.41, 5.74) is 3.22. The highest BCUT2D eigenvalue weighted by molar-refractivity contribution is 7.98. The lowest BCUT2D eigenvalue weighted by molar-refractivity contribution is 0.305. The number of ether oxygens (including phenoxy) is 1. The lowest BCUT2D eigenvalue weighted by atomic mass is 10.2. The van der Waals surface area contributed by atoms with Crippen LogP contribution in [0, 0.1) is 5.82 Å². The Balaban J connectivity index is 1.35. The predicted octanol–water partition coefficient (Wildman–Crippen LogP) is 5.80. The second-order valence-electron chi connectivity index (χ2n) is 7.35. The second kappa shape index (κ2) is 10.8. The van der Waals surface area contributed by atoms with Crippen LogP contribution in [0.3, 0.4) is 0 Å². The molecule has 0 aliphatic heterocycles. The molecule has 0 fully saturated rings. The maximum absolute atomic E-state index is 13.0. The summed E-state index contributed by atoms with van der Waals surface area (Å²) in [6.45, 7) is 6.65. The van der Waals surface area contributed by atoms with Gasteiger partial charge in [-0.3, -0.25) is 0 Å². The third kappa shape index (κ3) is 5.72. The molecule has 4 aromatic rings. The van der Waals surface area contributed by atoms with Crippen molar-refractivity contribution in [1.29, 1.82) is 0 Å². The van der Waals surface area contributed by atoms with Crippen LogP contribution in [-0.2, 0) is 19.4 Å². The van der Waals surface area contributed by atoms with E-state index < -0.39 is 0 Å². The molecule has 0 saturated heterocycles. The minimum Gasteiger partial charge on any atom is -0.486 e. The fraction of sp³-hybridized carbons (Fsp3) is 0.292. The van der Waals surface area contributed by atoms with Crippen LogP contribution in [-0.4, -0.2) is 32.8 Å². The van der Waals surface area contributed by atoms with Crippen LogP contribution >= 0.6 is 23.1 Å². The van der Waals surface area contributed by atoms with Crippen LogP contribution in [0.5, 0.6) is 5.75 Å². The fourth-order valence-corrected chi connectivity index (χ4v) is 5.01. The first-order valence-electron chi connectivity index (χ1n) is 10.8. The topological polar surface area (TPSA) is 56.1 Å². The van der Waals surface area contributed by atoms with E-state index in [1.807, 2.05) is 17.0 Å². The molecule has 2 heterocycles. The molecule has 0 atom stereocenters. The highest BCUT2D eigenvalue weighted by atomic mass is 32.2. The van der Waals surface area contributed by atoms with Gasteiger partial charge in [-0.25, -0.2) is 9.37 Å². The number of thiazole rings is 1. The minimum absolute atomic E-state index is 0.278. The molecule has 0 saturated carbocycles. The summed E-state index contributed by atoms with van der Waals surface area (Å²) >= 11 is 3.15. The zero-order valence-corrected chi connectivity index (χ0v) is 20.5. The third-order valence-corrected chi connectivity index (χ3v) is 7.14. The van der Waals surface area contributed by atoms with Crippen LogP contribution in [0.15, 0.2) is 59.1 Å². The molecule has 6 nitrogen and oxygen atoms in total. The molecule has 4 rings (SSSR count). The van der Waals surface area contributed by atoms with Gasteiger partial charge in [0.1, 0.15) is 23.2 Å². The highest BCUT2D eigenvalue weighted by Crippen LogP contribution is 2.27. The monoisotopic (exact) mass is 483 g/mol. The molecule has 0 amide bonds. The van der Waals surface area contributed by atoms with Gasteiger partial charge in [0, 0.05) is 42.5 Å². The smallest absolute Gasteiger partial charge is 0.191 e. The van der Waals surface area contributed by atoms with Gasteiger partial charge in [0.2, 0.25) is 0 Å². The van der Waals surface area contributed by atoms with Crippen molar-refractivity contribution in [1.82, 2.24) is 19.7 Å². The molecule has 2 aromatic heterocycles. The Morgan fingerprint density at radius 1 is 1.03 bits per heavy atom. The SMILES string of the molecule is CCN(CC)c1ccc(-c2nnc(SCc3csc(COc4ccc(F)cc4)n3)n2C)cc1. The van der Waals surface area contributed by atoms with E-state index in [9.17, 15) is 4.39 Å². The molecule has 0 bridgehead atoms. The molecule has 0 radical (unpaired) electrons. The fourth-order valence-electron chi connectivity index (χ4n) is 3.40. The Hall–Kier alpha value is -2.91. The summed E-state index contributed by atoms with van der Waals surface area (Å²) in [5, 5.41) is 12.5. The molecule has 0 aliphatic rings. The largest absolute Gasteiger partial charge is 0.486 e. The number of halogens is 1. The van der Waals surface area contributed by atoms with E-state index in [1.54, 1.807) is 35.2 Å². The Labute approximate surface area is 201 Å². The quantitative estimate of drug-likeness (QED) is 0.266. The first-order valence-corrected chi connectivity index (χ1v) is 12.6. The van der Waals surface area contributed by atoms with E-state index in [1.165, 1.54) is 17.8 Å². The Kier molecular flexibility index (Phi) is 7.61. The van der Waals surface area contributed by atoms with Crippen molar-refractivity contribution in [3.05, 3.63) is 70.4 Å². The Morgan fingerprint density at radius 2 is 1.76 bits per heavy atom. The number of hydrogen-bond acceptors (Lipinski definition) is 7. The molecule has 0 unspecified atom stereocenters. The van der Waals surface area contributed by atoms with Crippen molar-refractivity contribution >= 4 is 28.8 Å². The van der Waals surface area contributed by atoms with Gasteiger partial charge in [0.25, 0.3) is 0 Å². The summed E-state index contributed by atoms with van der Waals surface area (Å²) in [4.78, 5) is 6.95. The molecule has 33 heavy (non-hydrogen) atoms. The first kappa shape index (κ1) is 23.3. The average molecular weight is 484 g/mol. The molecular weight excluding hydrogens is 457 g/mol. The van der Waals surface area contributed by atoms with Crippen molar-refractivity contribution in [3.8, 4) is 17.1 Å². The molecule has 0 N–H and O–H groups in total. The first-order chi connectivity index (χ1) is 16.1. The summed E-state index contributed by atoms with van der Waals surface area (Å²) in [5.74, 6) is 1.88.